The van der Waals surface area contributed by atoms with E-state index in [4.69, 9.17) is 0 Å². The van der Waals surface area contributed by atoms with Gasteiger partial charge in [-0.25, -0.2) is 0 Å². The Morgan fingerprint density at radius 3 is 2.71 bits per heavy atom. The van der Waals surface area contributed by atoms with Gasteiger partial charge in [0.1, 0.15) is 0 Å². The molecule has 1 aliphatic heterocycles. The van der Waals surface area contributed by atoms with E-state index in [1.165, 1.54) is 19.4 Å². The van der Waals surface area contributed by atoms with Crippen molar-refractivity contribution in [3.8, 4) is 0 Å². The Kier molecular flexibility index (Phi) is 4.90. The molecule has 84 valence electrons. The molecule has 1 rings (SSSR count). The fourth-order valence-electron chi connectivity index (χ4n) is 2.42. The highest BCUT2D eigenvalue weighted by molar-refractivity contribution is 4.78. The molecule has 0 aromatic heterocycles. The molecule has 2 heteroatoms. The largest absolute Gasteiger partial charge is 0.392 e. The molecule has 3 unspecified atom stereocenters. The number of aliphatic hydroxyl groups is 1. The predicted molar refractivity (Wildman–Crippen MR) is 60.3 cm³/mol. The molecule has 0 radical (unpaired) electrons. The van der Waals surface area contributed by atoms with E-state index in [-0.39, 0.29) is 6.10 Å². The van der Waals surface area contributed by atoms with Gasteiger partial charge in [0, 0.05) is 12.6 Å². The second kappa shape index (κ2) is 5.72. The molecule has 0 aromatic carbocycles. The zero-order valence-corrected chi connectivity index (χ0v) is 9.87. The molecule has 1 fully saturated rings. The van der Waals surface area contributed by atoms with Crippen LogP contribution in [0.15, 0.2) is 0 Å². The lowest BCUT2D eigenvalue weighted by Gasteiger charge is -2.37. The van der Waals surface area contributed by atoms with Gasteiger partial charge in [0.2, 0.25) is 0 Å². The molecule has 0 aromatic rings. The summed E-state index contributed by atoms with van der Waals surface area (Å²) >= 11 is 0. The Labute approximate surface area is 88.3 Å². The number of hydrogen-bond donors (Lipinski definition) is 1. The zero-order chi connectivity index (χ0) is 10.6. The average Bonchev–Trinajstić information content (AvgIpc) is 2.10. The second-order valence-corrected chi connectivity index (χ2v) is 4.92. The minimum Gasteiger partial charge on any atom is -0.392 e. The molecule has 14 heavy (non-hydrogen) atoms. The van der Waals surface area contributed by atoms with Crippen LogP contribution in [0.3, 0.4) is 0 Å². The molecule has 0 amide bonds. The number of rotatable bonds is 4. The van der Waals surface area contributed by atoms with E-state index in [1.807, 2.05) is 0 Å². The minimum atomic E-state index is -0.115. The lowest BCUT2D eigenvalue weighted by Crippen LogP contribution is -2.44. The van der Waals surface area contributed by atoms with Crippen LogP contribution in [-0.2, 0) is 0 Å². The summed E-state index contributed by atoms with van der Waals surface area (Å²) in [6.45, 7) is 8.79. The predicted octanol–water partition coefficient (Wildman–Crippen LogP) is 2.27. The third kappa shape index (κ3) is 3.58. The van der Waals surface area contributed by atoms with Crippen LogP contribution in [0.25, 0.3) is 0 Å². The Morgan fingerprint density at radius 2 is 2.14 bits per heavy atom. The first-order valence-electron chi connectivity index (χ1n) is 6.05. The van der Waals surface area contributed by atoms with Gasteiger partial charge in [0.05, 0.1) is 6.10 Å². The monoisotopic (exact) mass is 199 g/mol. The Hall–Kier alpha value is -0.0800. The molecule has 0 saturated carbocycles. The van der Waals surface area contributed by atoms with Crippen molar-refractivity contribution in [2.75, 3.05) is 13.1 Å². The maximum Gasteiger partial charge on any atom is 0.0667 e. The highest BCUT2D eigenvalue weighted by atomic mass is 16.3. The third-order valence-corrected chi connectivity index (χ3v) is 3.34. The van der Waals surface area contributed by atoms with E-state index >= 15 is 0 Å². The number of nitrogens with zero attached hydrogens (tertiary/aromatic N) is 1. The van der Waals surface area contributed by atoms with E-state index in [0.717, 1.165) is 25.3 Å². The molecule has 0 spiro atoms. The van der Waals surface area contributed by atoms with Gasteiger partial charge in [-0.05, 0) is 38.6 Å². The highest BCUT2D eigenvalue weighted by Gasteiger charge is 2.23. The maximum atomic E-state index is 9.74. The van der Waals surface area contributed by atoms with Gasteiger partial charge in [-0.3, -0.25) is 4.90 Å². The molecule has 1 N–H and O–H groups in total. The SMILES string of the molecule is CCCC(O)CN1CCC(C)CC1C. The normalized spacial score (nSPS) is 31.7. The summed E-state index contributed by atoms with van der Waals surface area (Å²) in [4.78, 5) is 2.44. The molecule has 1 saturated heterocycles. The van der Waals surface area contributed by atoms with Crippen LogP contribution in [0.2, 0.25) is 0 Å². The molecule has 0 aliphatic carbocycles. The lowest BCUT2D eigenvalue weighted by molar-refractivity contribution is 0.0561. The molecule has 2 nitrogen and oxygen atoms in total. The number of aliphatic hydroxyl groups excluding tert-OH is 1. The summed E-state index contributed by atoms with van der Waals surface area (Å²) < 4.78 is 0. The molecular weight excluding hydrogens is 174 g/mol. The summed E-state index contributed by atoms with van der Waals surface area (Å²) in [5.74, 6) is 0.865. The van der Waals surface area contributed by atoms with Crippen molar-refractivity contribution >= 4 is 0 Å². The minimum absolute atomic E-state index is 0.115. The van der Waals surface area contributed by atoms with E-state index in [0.29, 0.717) is 6.04 Å². The maximum absolute atomic E-state index is 9.74. The lowest BCUT2D eigenvalue weighted by atomic mass is 9.93. The first-order chi connectivity index (χ1) is 6.63. The highest BCUT2D eigenvalue weighted by Crippen LogP contribution is 2.22. The molecule has 0 bridgehead atoms. The first-order valence-corrected chi connectivity index (χ1v) is 6.05. The van der Waals surface area contributed by atoms with Crippen LogP contribution >= 0.6 is 0 Å². The third-order valence-electron chi connectivity index (χ3n) is 3.34. The fraction of sp³-hybridized carbons (Fsp3) is 1.00. The first kappa shape index (κ1) is 12.0. The van der Waals surface area contributed by atoms with Gasteiger partial charge >= 0.3 is 0 Å². The van der Waals surface area contributed by atoms with Crippen LogP contribution in [-0.4, -0.2) is 35.2 Å². The van der Waals surface area contributed by atoms with Crippen LogP contribution in [0.5, 0.6) is 0 Å². The Morgan fingerprint density at radius 1 is 1.43 bits per heavy atom. The second-order valence-electron chi connectivity index (χ2n) is 4.92. The van der Waals surface area contributed by atoms with Gasteiger partial charge in [-0.1, -0.05) is 20.3 Å². The standard InChI is InChI=1S/C12H25NO/c1-4-5-12(14)9-13-7-6-10(2)8-11(13)3/h10-12,14H,4-9H2,1-3H3. The average molecular weight is 199 g/mol. The van der Waals surface area contributed by atoms with Gasteiger partial charge < -0.3 is 5.11 Å². The number of piperidine rings is 1. The quantitative estimate of drug-likeness (QED) is 0.751. The number of β-amino-alcohol motifs (C(OH)–C–C–N with tert-alkyl or cyclic N) is 1. The van der Waals surface area contributed by atoms with Crippen molar-refractivity contribution in [2.24, 2.45) is 5.92 Å². The molecular formula is C12H25NO. The number of hydrogen-bond acceptors (Lipinski definition) is 2. The van der Waals surface area contributed by atoms with Gasteiger partial charge in [0.15, 0.2) is 0 Å². The van der Waals surface area contributed by atoms with Gasteiger partial charge in [0.25, 0.3) is 0 Å². The van der Waals surface area contributed by atoms with Crippen molar-refractivity contribution in [3.63, 3.8) is 0 Å². The molecule has 1 aliphatic rings. The zero-order valence-electron chi connectivity index (χ0n) is 9.87. The van der Waals surface area contributed by atoms with E-state index in [2.05, 4.69) is 25.7 Å². The van der Waals surface area contributed by atoms with E-state index < -0.39 is 0 Å². The van der Waals surface area contributed by atoms with Crippen molar-refractivity contribution in [2.45, 2.75) is 58.6 Å². The topological polar surface area (TPSA) is 23.5 Å². The van der Waals surface area contributed by atoms with Crippen molar-refractivity contribution < 1.29 is 5.11 Å². The van der Waals surface area contributed by atoms with E-state index in [9.17, 15) is 5.11 Å². The Bertz CT molecular complexity index is 160. The number of likely N-dealkylation sites (tertiary alicyclic amines) is 1. The Balaban J connectivity index is 2.29. The van der Waals surface area contributed by atoms with Gasteiger partial charge in [-0.15, -0.1) is 0 Å². The summed E-state index contributed by atoms with van der Waals surface area (Å²) in [6, 6.07) is 0.658. The summed E-state index contributed by atoms with van der Waals surface area (Å²) in [5.41, 5.74) is 0. The smallest absolute Gasteiger partial charge is 0.0667 e. The van der Waals surface area contributed by atoms with Crippen LogP contribution < -0.4 is 0 Å². The van der Waals surface area contributed by atoms with Crippen LogP contribution in [0, 0.1) is 5.92 Å². The fourth-order valence-corrected chi connectivity index (χ4v) is 2.42. The molecule has 1 heterocycles. The van der Waals surface area contributed by atoms with Crippen LogP contribution in [0.1, 0.15) is 46.5 Å². The van der Waals surface area contributed by atoms with Crippen molar-refractivity contribution in [1.82, 2.24) is 4.90 Å². The van der Waals surface area contributed by atoms with Crippen molar-refractivity contribution in [1.29, 1.82) is 0 Å². The summed E-state index contributed by atoms with van der Waals surface area (Å²) in [7, 11) is 0. The summed E-state index contributed by atoms with van der Waals surface area (Å²) in [5, 5.41) is 9.74. The molecule has 3 atom stereocenters. The van der Waals surface area contributed by atoms with E-state index in [1.54, 1.807) is 0 Å². The van der Waals surface area contributed by atoms with Crippen LogP contribution in [0.4, 0.5) is 0 Å². The summed E-state index contributed by atoms with van der Waals surface area (Å²) in [6.07, 6.45) is 4.50. The van der Waals surface area contributed by atoms with Gasteiger partial charge in [-0.2, -0.15) is 0 Å². The van der Waals surface area contributed by atoms with Crippen molar-refractivity contribution in [3.05, 3.63) is 0 Å².